The number of hydrogen-bond acceptors (Lipinski definition) is 8. The first-order chi connectivity index (χ1) is 27.4. The minimum atomic E-state index is -0.749. The first kappa shape index (κ1) is 56.7. The number of likely N-dealkylation sites (N-methyl/N-ethyl adjacent to an activating group) is 2. The fraction of sp³-hybridized carbons (Fsp3) is 0.761. The molecule has 58 heavy (non-hydrogen) atoms. The number of likely N-dealkylation sites (tertiary alicyclic amines) is 1. The van der Waals surface area contributed by atoms with E-state index in [9.17, 15) is 24.0 Å². The van der Waals surface area contributed by atoms with Crippen molar-refractivity contribution < 1.29 is 36.3 Å². The summed E-state index contributed by atoms with van der Waals surface area (Å²) in [5.74, 6) is -1.57. The van der Waals surface area contributed by atoms with Crippen LogP contribution in [0.5, 0.6) is 0 Å². The van der Waals surface area contributed by atoms with Crippen LogP contribution in [0.25, 0.3) is 0 Å². The Morgan fingerprint density at radius 2 is 1.47 bits per heavy atom. The molecule has 2 N–H and O–H groups in total. The molecule has 0 bridgehead atoms. The van der Waals surface area contributed by atoms with Gasteiger partial charge in [0.25, 0.3) is 0 Å². The van der Waals surface area contributed by atoms with E-state index in [1.165, 1.54) is 25.5 Å². The molecule has 0 saturated carbocycles. The molecular weight excluding hydrogens is 735 g/mol. The van der Waals surface area contributed by atoms with Gasteiger partial charge in [0.05, 0.1) is 49.2 Å². The van der Waals surface area contributed by atoms with Crippen LogP contribution in [0.3, 0.4) is 0 Å². The first-order valence-electron chi connectivity index (χ1n) is 21.7. The summed E-state index contributed by atoms with van der Waals surface area (Å²) in [6.07, 6.45) is 4.34. The van der Waals surface area contributed by atoms with Crippen molar-refractivity contribution in [1.82, 2.24) is 25.3 Å². The van der Waals surface area contributed by atoms with Crippen molar-refractivity contribution in [1.29, 1.82) is 0 Å². The lowest BCUT2D eigenvalue weighted by molar-refractivity contribution is -0.148. The van der Waals surface area contributed by atoms with Crippen LogP contribution in [0.4, 0.5) is 0 Å². The van der Waals surface area contributed by atoms with Crippen molar-refractivity contribution in [2.24, 2.45) is 23.7 Å². The van der Waals surface area contributed by atoms with Crippen molar-refractivity contribution in [3.05, 3.63) is 35.9 Å². The number of methoxy groups -OCH3 is 2. The lowest BCUT2D eigenvalue weighted by atomic mass is 9.89. The molecule has 8 atom stereocenters. The second kappa shape index (κ2) is 31.6. The summed E-state index contributed by atoms with van der Waals surface area (Å²) >= 11 is 0. The number of carbonyl (C=O) groups is 5. The number of nitrogens with one attached hydrogen (secondary N) is 2. The topological polar surface area (TPSA) is 138 Å². The van der Waals surface area contributed by atoms with Gasteiger partial charge < -0.3 is 34.7 Å². The summed E-state index contributed by atoms with van der Waals surface area (Å²) in [7, 11) is 8.51. The molecule has 2 rings (SSSR count). The van der Waals surface area contributed by atoms with Gasteiger partial charge in [-0.25, -0.2) is 0 Å². The molecule has 0 spiro atoms. The molecule has 12 nitrogen and oxygen atoms in total. The lowest BCUT2D eigenvalue weighted by Gasteiger charge is -2.41. The number of aryl methyl sites for hydroxylation is 1. The maximum absolute atomic E-state index is 14.1. The van der Waals surface area contributed by atoms with Crippen LogP contribution in [0.2, 0.25) is 0 Å². The Bertz CT molecular complexity index is 1280. The largest absolute Gasteiger partial charge is 0.379 e. The quantitative estimate of drug-likeness (QED) is 0.131. The minimum Gasteiger partial charge on any atom is -0.379 e. The number of aldehydes is 1. The number of ether oxygens (including phenoxy) is 2. The molecule has 1 aromatic rings. The van der Waals surface area contributed by atoms with Gasteiger partial charge in [-0.15, -0.1) is 0 Å². The normalized spacial score (nSPS) is 17.1. The molecule has 0 radical (unpaired) electrons. The predicted octanol–water partition coefficient (Wildman–Crippen LogP) is 7.27. The SMILES string of the molecule is CC.CCCC.CC[C@H](C)[C@@H]([C@@H](CC(=O)N1CCC[C@H]1[C@H](OC)[C@@H](C)C(=O)NCC=O)OC)N(C)C(=O)[C@@H](NC(=O)[C@H](C(C)C)N(C)C)C(C)C.Cc1ccccc1.[HH].[HH]. The van der Waals surface area contributed by atoms with Crippen LogP contribution < -0.4 is 10.6 Å². The van der Waals surface area contributed by atoms with Gasteiger partial charge in [0.2, 0.25) is 23.6 Å². The zero-order valence-electron chi connectivity index (χ0n) is 39.6. The molecule has 0 aromatic heterocycles. The molecule has 1 heterocycles. The average Bonchev–Trinajstić information content (AvgIpc) is 3.69. The van der Waals surface area contributed by atoms with Crippen molar-refractivity contribution in [2.75, 3.05) is 48.5 Å². The average molecular weight is 824 g/mol. The van der Waals surface area contributed by atoms with Gasteiger partial charge in [-0.05, 0) is 51.6 Å². The van der Waals surface area contributed by atoms with Crippen molar-refractivity contribution >= 4 is 29.9 Å². The van der Waals surface area contributed by atoms with E-state index >= 15 is 0 Å². The Morgan fingerprint density at radius 1 is 0.897 bits per heavy atom. The standard InChI is InChI=1S/C33H61N5O7.C7H8.C4H10.C2H6.2H2/c1-13-22(6)29(37(10)33(43)27(20(2)3)35-32(42)28(21(4)5)36(8)9)25(44-11)19-26(40)38-17-14-15-24(38)30(45-12)23(7)31(41)34-16-18-39;1-7-5-3-2-4-6-7;1-3-4-2;1-2;;/h18,20-25,27-30H,13-17,19H2,1-12H3,(H,34,41)(H,35,42);2-6H,1H3;3-4H2,1-2H3;1-2H3;2*1H/t22-,23+,24-,25+,27-,28-,29-,30+;;;;;/m0...../s1. The van der Waals surface area contributed by atoms with E-state index in [-0.39, 0.29) is 69.3 Å². The fourth-order valence-corrected chi connectivity index (χ4v) is 7.25. The molecule has 340 valence electrons. The van der Waals surface area contributed by atoms with Crippen LogP contribution in [-0.4, -0.2) is 129 Å². The maximum atomic E-state index is 14.1. The molecule has 0 unspecified atom stereocenters. The van der Waals surface area contributed by atoms with E-state index in [4.69, 9.17) is 9.47 Å². The van der Waals surface area contributed by atoms with Gasteiger partial charge in [-0.3, -0.25) is 24.1 Å². The van der Waals surface area contributed by atoms with Gasteiger partial charge >= 0.3 is 0 Å². The third-order valence-electron chi connectivity index (χ3n) is 10.7. The number of benzene rings is 1. The van der Waals surface area contributed by atoms with Gasteiger partial charge in [0.1, 0.15) is 12.3 Å². The zero-order valence-corrected chi connectivity index (χ0v) is 39.6. The molecule has 1 aromatic carbocycles. The Balaban J connectivity index is -0.000000897. The van der Waals surface area contributed by atoms with E-state index < -0.39 is 30.2 Å². The van der Waals surface area contributed by atoms with Gasteiger partial charge in [-0.2, -0.15) is 0 Å². The monoisotopic (exact) mass is 824 g/mol. The Labute approximate surface area is 356 Å². The third-order valence-corrected chi connectivity index (χ3v) is 10.7. The number of carbonyl (C=O) groups excluding carboxylic acids is 5. The Hall–Kier alpha value is -3.35. The predicted molar refractivity (Wildman–Crippen MR) is 242 cm³/mol. The van der Waals surface area contributed by atoms with Gasteiger partial charge in [0.15, 0.2) is 0 Å². The molecule has 1 saturated heterocycles. The van der Waals surface area contributed by atoms with Crippen LogP contribution in [0.1, 0.15) is 123 Å². The zero-order chi connectivity index (χ0) is 45.1. The second-order valence-electron chi connectivity index (χ2n) is 16.0. The Morgan fingerprint density at radius 3 is 1.86 bits per heavy atom. The summed E-state index contributed by atoms with van der Waals surface area (Å²) in [5, 5.41) is 5.60. The number of unbranched alkanes of at least 4 members (excludes halogenated alkanes) is 1. The van der Waals surface area contributed by atoms with E-state index in [0.717, 1.165) is 12.8 Å². The number of hydrogen-bond donors (Lipinski definition) is 2. The van der Waals surface area contributed by atoms with Crippen LogP contribution in [0.15, 0.2) is 30.3 Å². The summed E-state index contributed by atoms with van der Waals surface area (Å²) in [6, 6.07) is 8.38. The fourth-order valence-electron chi connectivity index (χ4n) is 7.25. The second-order valence-corrected chi connectivity index (χ2v) is 16.0. The van der Waals surface area contributed by atoms with E-state index in [1.54, 1.807) is 30.9 Å². The molecule has 1 aliphatic rings. The molecule has 1 aliphatic heterocycles. The van der Waals surface area contributed by atoms with Crippen molar-refractivity contribution in [3.8, 4) is 0 Å². The van der Waals surface area contributed by atoms with Crippen LogP contribution in [0, 0.1) is 30.6 Å². The number of nitrogens with zero attached hydrogens (tertiary/aromatic N) is 3. The Kier molecular flexibility index (Phi) is 30.9. The first-order valence-corrected chi connectivity index (χ1v) is 21.7. The molecule has 0 aliphatic carbocycles. The van der Waals surface area contributed by atoms with Crippen LogP contribution >= 0.6 is 0 Å². The van der Waals surface area contributed by atoms with E-state index in [0.29, 0.717) is 19.3 Å². The van der Waals surface area contributed by atoms with E-state index in [2.05, 4.69) is 43.5 Å². The third kappa shape index (κ3) is 19.1. The molecule has 1 fully saturated rings. The molecule has 12 heteroatoms. The van der Waals surface area contributed by atoms with Crippen molar-refractivity contribution in [2.45, 2.75) is 158 Å². The van der Waals surface area contributed by atoms with Gasteiger partial charge in [0, 0.05) is 30.7 Å². The summed E-state index contributed by atoms with van der Waals surface area (Å²) in [4.78, 5) is 69.9. The maximum Gasteiger partial charge on any atom is 0.245 e. The minimum absolute atomic E-state index is 0. The highest BCUT2D eigenvalue weighted by molar-refractivity contribution is 5.90. The van der Waals surface area contributed by atoms with Crippen molar-refractivity contribution in [3.63, 3.8) is 0 Å². The van der Waals surface area contributed by atoms with Crippen LogP contribution in [-0.2, 0) is 33.4 Å². The summed E-state index contributed by atoms with van der Waals surface area (Å²) in [6.45, 7) is 24.5. The van der Waals surface area contributed by atoms with E-state index in [1.807, 2.05) is 92.6 Å². The highest BCUT2D eigenvalue weighted by Crippen LogP contribution is 2.29. The molecule has 4 amide bonds. The highest BCUT2D eigenvalue weighted by atomic mass is 16.5. The highest BCUT2D eigenvalue weighted by Gasteiger charge is 2.43. The smallest absolute Gasteiger partial charge is 0.245 e. The van der Waals surface area contributed by atoms with Gasteiger partial charge in [-0.1, -0.05) is 131 Å². The lowest BCUT2D eigenvalue weighted by Crippen LogP contribution is -2.59. The number of rotatable bonds is 20. The number of amides is 4. The summed E-state index contributed by atoms with van der Waals surface area (Å²) in [5.41, 5.74) is 1.32. The summed E-state index contributed by atoms with van der Waals surface area (Å²) < 4.78 is 11.7. The molecular formula is C46H89N5O7.